The number of imidazole rings is 1. The summed E-state index contributed by atoms with van der Waals surface area (Å²) in [6.45, 7) is 0. The number of nitrogens with zero attached hydrogens (tertiary/aromatic N) is 3. The number of sulfonamides is 1. The Morgan fingerprint density at radius 1 is 0.833 bits per heavy atom. The van der Waals surface area contributed by atoms with Crippen LogP contribution in [0, 0.1) is 5.95 Å². The molecule has 0 unspecified atom stereocenters. The summed E-state index contributed by atoms with van der Waals surface area (Å²) in [6, 6.07) is 13.2. The fourth-order valence-electron chi connectivity index (χ4n) is 3.36. The molecule has 5 rings (SSSR count). The van der Waals surface area contributed by atoms with E-state index in [-0.39, 0.29) is 11.5 Å². The van der Waals surface area contributed by atoms with Gasteiger partial charge >= 0.3 is 30.5 Å². The molecule has 0 fully saturated rings. The minimum atomic E-state index is -5.08. The first kappa shape index (κ1) is 37.0. The van der Waals surface area contributed by atoms with Crippen molar-refractivity contribution in [2.75, 3.05) is 10.5 Å². The van der Waals surface area contributed by atoms with Gasteiger partial charge in [-0.05, 0) is 35.9 Å². The van der Waals surface area contributed by atoms with E-state index in [0.717, 1.165) is 23.3 Å². The van der Waals surface area contributed by atoms with E-state index < -0.39 is 57.9 Å². The molecule has 5 aromatic rings. The maximum Gasteiger partial charge on any atom is 0.490 e. The number of anilines is 1. The highest BCUT2D eigenvalue weighted by molar-refractivity contribution is 7.92. The van der Waals surface area contributed by atoms with E-state index in [0.29, 0.717) is 22.5 Å². The van der Waals surface area contributed by atoms with Crippen LogP contribution in [-0.4, -0.2) is 74.8 Å². The number of para-hydroxylation sites is 2. The fourth-order valence-corrected chi connectivity index (χ4v) is 4.34. The number of H-pyrrole nitrogens is 1. The standard InChI is InChI=1S/C21H13F4N5O3S.2C2HF3O2/c22-18-16(30-34(31,32)10-21(23,24)25)7-12(9-26-18)11-5-6-15-17(8-11)33-20(29-15)19-27-13-3-1-2-4-14(13)28-19;2*3-2(4,5)1(6)7/h1-9,30H,10H2,(H,27,28);2*(H,6,7). The largest absolute Gasteiger partial charge is 0.490 e. The third kappa shape index (κ3) is 10.3. The normalized spacial score (nSPS) is 12.1. The quantitative estimate of drug-likeness (QED) is 0.121. The minimum absolute atomic E-state index is 0.237. The number of carboxylic acid groups (broad SMARTS) is 2. The highest BCUT2D eigenvalue weighted by Gasteiger charge is 2.39. The van der Waals surface area contributed by atoms with Gasteiger partial charge in [0.15, 0.2) is 17.2 Å². The van der Waals surface area contributed by atoms with Crippen LogP contribution in [0.2, 0.25) is 0 Å². The molecule has 3 heterocycles. The lowest BCUT2D eigenvalue weighted by Crippen LogP contribution is -2.28. The van der Waals surface area contributed by atoms with Gasteiger partial charge in [0.25, 0.3) is 5.89 Å². The SMILES string of the molecule is O=C(O)C(F)(F)F.O=C(O)C(F)(F)F.O=S(=O)(CC(F)(F)F)Nc1cc(-c2ccc3nc(-c4nc5ccccc5[nH]4)oc3c2)cnc1F. The first-order valence-electron chi connectivity index (χ1n) is 12.1. The number of aromatic nitrogens is 4. The van der Waals surface area contributed by atoms with Crippen molar-refractivity contribution in [2.45, 2.75) is 18.5 Å². The summed E-state index contributed by atoms with van der Waals surface area (Å²) in [4.78, 5) is 33.2. The average Bonchev–Trinajstić information content (AvgIpc) is 3.56. The Morgan fingerprint density at radius 2 is 1.42 bits per heavy atom. The number of rotatable bonds is 5. The van der Waals surface area contributed by atoms with Gasteiger partial charge in [0.2, 0.25) is 16.0 Å². The van der Waals surface area contributed by atoms with Crippen LogP contribution in [0.1, 0.15) is 0 Å². The number of hydrogen-bond donors (Lipinski definition) is 4. The molecule has 2 aromatic carbocycles. The molecule has 0 saturated heterocycles. The van der Waals surface area contributed by atoms with Crippen molar-refractivity contribution >= 4 is 49.8 Å². The Hall–Kier alpha value is -5.48. The predicted octanol–water partition coefficient (Wildman–Crippen LogP) is 6.14. The number of benzene rings is 2. The molecule has 48 heavy (non-hydrogen) atoms. The first-order chi connectivity index (χ1) is 21.9. The van der Waals surface area contributed by atoms with Crippen molar-refractivity contribution in [1.82, 2.24) is 19.9 Å². The summed E-state index contributed by atoms with van der Waals surface area (Å²) in [6.07, 6.45) is -14.0. The van der Waals surface area contributed by atoms with E-state index in [1.165, 1.54) is 0 Å². The van der Waals surface area contributed by atoms with Gasteiger partial charge < -0.3 is 19.6 Å². The molecule has 0 saturated carbocycles. The van der Waals surface area contributed by atoms with Crippen LogP contribution in [0.25, 0.3) is 45.0 Å². The maximum atomic E-state index is 14.0. The highest BCUT2D eigenvalue weighted by Crippen LogP contribution is 2.30. The topological polar surface area (TPSA) is 188 Å². The van der Waals surface area contributed by atoms with Crippen molar-refractivity contribution < 1.29 is 76.5 Å². The van der Waals surface area contributed by atoms with Gasteiger partial charge in [-0.25, -0.2) is 33.0 Å². The predicted molar refractivity (Wildman–Crippen MR) is 143 cm³/mol. The lowest BCUT2D eigenvalue weighted by Gasteiger charge is -2.11. The van der Waals surface area contributed by atoms with Crippen LogP contribution < -0.4 is 4.72 Å². The van der Waals surface area contributed by atoms with Crippen molar-refractivity contribution in [3.05, 3.63) is 60.7 Å². The second kappa shape index (κ2) is 13.7. The van der Waals surface area contributed by atoms with Gasteiger partial charge in [0.1, 0.15) is 11.2 Å². The molecule has 0 spiro atoms. The summed E-state index contributed by atoms with van der Waals surface area (Å²) in [5, 5.41) is 14.2. The fraction of sp³-hybridized carbons (Fsp3) is 0.160. The zero-order valence-corrected chi connectivity index (χ0v) is 23.7. The van der Waals surface area contributed by atoms with E-state index in [4.69, 9.17) is 24.2 Å². The van der Waals surface area contributed by atoms with Crippen molar-refractivity contribution in [2.24, 2.45) is 0 Å². The molecule has 0 aliphatic carbocycles. The minimum Gasteiger partial charge on any atom is -0.475 e. The summed E-state index contributed by atoms with van der Waals surface area (Å²) in [5.41, 5.74) is 2.38. The second-order valence-corrected chi connectivity index (χ2v) is 10.7. The summed E-state index contributed by atoms with van der Waals surface area (Å²) < 4.78 is 146. The molecule has 4 N–H and O–H groups in total. The number of fused-ring (bicyclic) bond motifs is 2. The number of carbonyl (C=O) groups is 2. The number of pyridine rings is 1. The summed E-state index contributed by atoms with van der Waals surface area (Å²) >= 11 is 0. The van der Waals surface area contributed by atoms with Crippen molar-refractivity contribution in [3.63, 3.8) is 0 Å². The zero-order chi connectivity index (χ0) is 36.2. The van der Waals surface area contributed by atoms with E-state index in [2.05, 4.69) is 19.9 Å². The van der Waals surface area contributed by atoms with E-state index in [9.17, 15) is 52.3 Å². The maximum absolute atomic E-state index is 14.0. The Balaban J connectivity index is 0.000000376. The molecule has 0 amide bonds. The Labute approximate surface area is 259 Å². The molecule has 12 nitrogen and oxygen atoms in total. The van der Waals surface area contributed by atoms with E-state index >= 15 is 0 Å². The van der Waals surface area contributed by atoms with Gasteiger partial charge in [-0.2, -0.15) is 43.9 Å². The smallest absolute Gasteiger partial charge is 0.475 e. The van der Waals surface area contributed by atoms with E-state index in [1.54, 1.807) is 22.9 Å². The average molecular weight is 719 g/mol. The summed E-state index contributed by atoms with van der Waals surface area (Å²) in [7, 11) is -4.88. The van der Waals surface area contributed by atoms with Crippen LogP contribution in [0.15, 0.2) is 59.1 Å². The molecule has 0 bridgehead atoms. The van der Waals surface area contributed by atoms with Gasteiger partial charge in [-0.3, -0.25) is 4.72 Å². The van der Waals surface area contributed by atoms with Crippen LogP contribution in [0.4, 0.5) is 49.6 Å². The third-order valence-electron chi connectivity index (χ3n) is 5.26. The number of alkyl halides is 9. The zero-order valence-electron chi connectivity index (χ0n) is 22.9. The number of hydrogen-bond acceptors (Lipinski definition) is 8. The molecule has 0 aliphatic rings. The van der Waals surface area contributed by atoms with Crippen LogP contribution >= 0.6 is 0 Å². The first-order valence-corrected chi connectivity index (χ1v) is 13.8. The molecule has 258 valence electrons. The molecular weight excluding hydrogens is 704 g/mol. The molecule has 23 heteroatoms. The molecule has 0 aliphatic heterocycles. The van der Waals surface area contributed by atoms with Gasteiger partial charge in [-0.1, -0.05) is 18.2 Å². The number of carboxylic acids is 2. The van der Waals surface area contributed by atoms with Gasteiger partial charge in [0, 0.05) is 11.8 Å². The van der Waals surface area contributed by atoms with Crippen molar-refractivity contribution in [3.8, 4) is 22.8 Å². The van der Waals surface area contributed by atoms with Crippen LogP contribution in [0.3, 0.4) is 0 Å². The third-order valence-corrected chi connectivity index (χ3v) is 6.50. The number of aromatic amines is 1. The lowest BCUT2D eigenvalue weighted by atomic mass is 10.1. The van der Waals surface area contributed by atoms with Crippen LogP contribution in [0.5, 0.6) is 0 Å². The molecule has 0 atom stereocenters. The second-order valence-electron chi connectivity index (χ2n) is 8.95. The highest BCUT2D eigenvalue weighted by atomic mass is 32.2. The lowest BCUT2D eigenvalue weighted by molar-refractivity contribution is -0.193. The van der Waals surface area contributed by atoms with Crippen LogP contribution in [-0.2, 0) is 19.6 Å². The number of nitrogens with one attached hydrogen (secondary N) is 2. The molecular formula is C25H15F10N5O7S. The summed E-state index contributed by atoms with van der Waals surface area (Å²) in [5.74, 6) is -8.27. The Bertz CT molecular complexity index is 2000. The van der Waals surface area contributed by atoms with Gasteiger partial charge in [-0.15, -0.1) is 0 Å². The molecule has 3 aromatic heterocycles. The monoisotopic (exact) mass is 719 g/mol. The Morgan fingerprint density at radius 3 is 1.96 bits per heavy atom. The van der Waals surface area contributed by atoms with E-state index in [1.807, 2.05) is 24.3 Å². The number of aliphatic carboxylic acids is 2. The van der Waals surface area contributed by atoms with Gasteiger partial charge in [0.05, 0.1) is 11.0 Å². The van der Waals surface area contributed by atoms with Crippen molar-refractivity contribution in [1.29, 1.82) is 0 Å². The molecule has 0 radical (unpaired) electrons. The number of halogens is 10. The Kier molecular flexibility index (Phi) is 10.6. The number of oxazole rings is 1.